The SMILES string of the molecule is O=c1[nH]c2ccc(S(=O)(=O)N3CC4CCCC4C3)cc2o1. The summed E-state index contributed by atoms with van der Waals surface area (Å²) in [6.45, 7) is 1.23. The highest BCUT2D eigenvalue weighted by molar-refractivity contribution is 7.89. The second kappa shape index (κ2) is 4.45. The Morgan fingerprint density at radius 2 is 1.90 bits per heavy atom. The van der Waals surface area contributed by atoms with Crippen LogP contribution in [0.2, 0.25) is 0 Å². The van der Waals surface area contributed by atoms with Crippen molar-refractivity contribution in [2.24, 2.45) is 11.8 Å². The van der Waals surface area contributed by atoms with E-state index in [1.54, 1.807) is 10.4 Å². The van der Waals surface area contributed by atoms with Crippen molar-refractivity contribution < 1.29 is 12.8 Å². The first-order valence-corrected chi connectivity index (χ1v) is 8.61. The fourth-order valence-corrected chi connectivity index (χ4v) is 5.19. The van der Waals surface area contributed by atoms with Crippen molar-refractivity contribution in [1.82, 2.24) is 9.29 Å². The molecule has 21 heavy (non-hydrogen) atoms. The highest BCUT2D eigenvalue weighted by Gasteiger charge is 2.41. The molecule has 1 saturated heterocycles. The first-order chi connectivity index (χ1) is 10.0. The first-order valence-electron chi connectivity index (χ1n) is 7.17. The normalized spacial score (nSPS) is 26.5. The van der Waals surface area contributed by atoms with Crippen LogP contribution in [0.25, 0.3) is 11.1 Å². The van der Waals surface area contributed by atoms with Gasteiger partial charge in [0.15, 0.2) is 5.58 Å². The van der Waals surface area contributed by atoms with Gasteiger partial charge in [-0.25, -0.2) is 13.2 Å². The fraction of sp³-hybridized carbons (Fsp3) is 0.500. The second-order valence-electron chi connectivity index (χ2n) is 5.95. The minimum Gasteiger partial charge on any atom is -0.408 e. The Hall–Kier alpha value is -1.60. The topological polar surface area (TPSA) is 83.4 Å². The van der Waals surface area contributed by atoms with E-state index >= 15 is 0 Å². The Morgan fingerprint density at radius 1 is 1.19 bits per heavy atom. The van der Waals surface area contributed by atoms with E-state index < -0.39 is 15.8 Å². The van der Waals surface area contributed by atoms with E-state index in [0.717, 1.165) is 12.8 Å². The summed E-state index contributed by atoms with van der Waals surface area (Å²) in [7, 11) is -3.51. The standard InChI is InChI=1S/C14H16N2O4S/c17-14-15-12-5-4-11(6-13(12)20-14)21(18,19)16-7-9-2-1-3-10(9)8-16/h4-6,9-10H,1-3,7-8H2,(H,15,17). The molecule has 2 fully saturated rings. The van der Waals surface area contributed by atoms with Gasteiger partial charge in [0.1, 0.15) is 0 Å². The molecule has 1 saturated carbocycles. The maximum atomic E-state index is 12.7. The first kappa shape index (κ1) is 13.1. The molecule has 0 radical (unpaired) electrons. The zero-order valence-electron chi connectivity index (χ0n) is 11.4. The summed E-state index contributed by atoms with van der Waals surface area (Å²) in [4.78, 5) is 13.9. The maximum Gasteiger partial charge on any atom is 0.417 e. The van der Waals surface area contributed by atoms with Crippen LogP contribution in [-0.4, -0.2) is 30.8 Å². The van der Waals surface area contributed by atoms with E-state index in [4.69, 9.17) is 4.42 Å². The number of H-pyrrole nitrogens is 1. The molecule has 0 amide bonds. The molecule has 2 aromatic rings. The highest BCUT2D eigenvalue weighted by atomic mass is 32.2. The Labute approximate surface area is 121 Å². The van der Waals surface area contributed by atoms with Gasteiger partial charge in [0.25, 0.3) is 0 Å². The van der Waals surface area contributed by atoms with Gasteiger partial charge in [-0.1, -0.05) is 6.42 Å². The lowest BCUT2D eigenvalue weighted by atomic mass is 10.0. The molecule has 2 unspecified atom stereocenters. The van der Waals surface area contributed by atoms with Gasteiger partial charge in [-0.3, -0.25) is 4.98 Å². The molecule has 0 bridgehead atoms. The summed E-state index contributed by atoms with van der Waals surface area (Å²) < 4.78 is 31.9. The molecule has 4 rings (SSSR count). The number of oxazole rings is 1. The number of hydrogen-bond acceptors (Lipinski definition) is 4. The molecule has 1 N–H and O–H groups in total. The number of aromatic nitrogens is 1. The third-order valence-electron chi connectivity index (χ3n) is 4.72. The van der Waals surface area contributed by atoms with Gasteiger partial charge >= 0.3 is 5.76 Å². The molecule has 7 heteroatoms. The number of hydrogen-bond donors (Lipinski definition) is 1. The van der Waals surface area contributed by atoms with E-state index in [1.165, 1.54) is 18.6 Å². The second-order valence-corrected chi connectivity index (χ2v) is 7.88. The third kappa shape index (κ3) is 2.03. The van der Waals surface area contributed by atoms with Gasteiger partial charge in [-0.05, 0) is 36.8 Å². The molecule has 2 heterocycles. The van der Waals surface area contributed by atoms with Gasteiger partial charge in [0, 0.05) is 19.2 Å². The molecule has 0 spiro atoms. The summed E-state index contributed by atoms with van der Waals surface area (Å²) in [6.07, 6.45) is 3.47. The molecular weight excluding hydrogens is 292 g/mol. The van der Waals surface area contributed by atoms with E-state index in [0.29, 0.717) is 30.4 Å². The molecule has 1 aliphatic carbocycles. The summed E-state index contributed by atoms with van der Waals surface area (Å²) in [5, 5.41) is 0. The Bertz CT molecular complexity index is 839. The summed E-state index contributed by atoms with van der Waals surface area (Å²) in [5.74, 6) is 0.442. The molecule has 1 aromatic carbocycles. The van der Waals surface area contributed by atoms with Crippen molar-refractivity contribution in [2.75, 3.05) is 13.1 Å². The van der Waals surface area contributed by atoms with Crippen molar-refractivity contribution in [2.45, 2.75) is 24.2 Å². The van der Waals surface area contributed by atoms with Crippen LogP contribution in [0.1, 0.15) is 19.3 Å². The minimum absolute atomic E-state index is 0.192. The van der Waals surface area contributed by atoms with Crippen molar-refractivity contribution in [3.63, 3.8) is 0 Å². The zero-order chi connectivity index (χ0) is 14.6. The number of benzene rings is 1. The van der Waals surface area contributed by atoms with Crippen LogP contribution in [0.4, 0.5) is 0 Å². The highest BCUT2D eigenvalue weighted by Crippen LogP contribution is 2.39. The molecule has 2 atom stereocenters. The van der Waals surface area contributed by atoms with Gasteiger partial charge in [0.2, 0.25) is 10.0 Å². The molecular formula is C14H16N2O4S. The number of nitrogens with zero attached hydrogens (tertiary/aromatic N) is 1. The average molecular weight is 308 g/mol. The van der Waals surface area contributed by atoms with E-state index in [-0.39, 0.29) is 10.5 Å². The quantitative estimate of drug-likeness (QED) is 0.912. The lowest BCUT2D eigenvalue weighted by Crippen LogP contribution is -2.29. The summed E-state index contributed by atoms with van der Waals surface area (Å²) in [6, 6.07) is 4.53. The smallest absolute Gasteiger partial charge is 0.408 e. The van der Waals surface area contributed by atoms with Crippen molar-refractivity contribution in [3.05, 3.63) is 28.7 Å². The molecule has 1 aliphatic heterocycles. The van der Waals surface area contributed by atoms with Crippen molar-refractivity contribution >= 4 is 21.1 Å². The van der Waals surface area contributed by atoms with Crippen molar-refractivity contribution in [3.8, 4) is 0 Å². The van der Waals surface area contributed by atoms with Crippen LogP contribution in [0.3, 0.4) is 0 Å². The van der Waals surface area contributed by atoms with Crippen LogP contribution in [0.15, 0.2) is 32.3 Å². The van der Waals surface area contributed by atoms with E-state index in [9.17, 15) is 13.2 Å². The number of rotatable bonds is 2. The van der Waals surface area contributed by atoms with Gasteiger partial charge in [-0.2, -0.15) is 4.31 Å². The van der Waals surface area contributed by atoms with E-state index in [1.807, 2.05) is 0 Å². The van der Waals surface area contributed by atoms with Crippen LogP contribution < -0.4 is 5.76 Å². The lowest BCUT2D eigenvalue weighted by Gasteiger charge is -2.17. The number of sulfonamides is 1. The molecule has 6 nitrogen and oxygen atoms in total. The number of fused-ring (bicyclic) bond motifs is 2. The Kier molecular flexibility index (Phi) is 2.77. The number of nitrogens with one attached hydrogen (secondary N) is 1. The molecule has 112 valence electrons. The summed E-state index contributed by atoms with van der Waals surface area (Å²) in [5.41, 5.74) is 0.790. The van der Waals surface area contributed by atoms with Crippen LogP contribution in [-0.2, 0) is 10.0 Å². The molecule has 2 aliphatic rings. The third-order valence-corrected chi connectivity index (χ3v) is 6.55. The predicted molar refractivity (Wildman–Crippen MR) is 76.4 cm³/mol. The average Bonchev–Trinajstić information content (AvgIpc) is 3.09. The predicted octanol–water partition coefficient (Wildman–Crippen LogP) is 1.54. The number of aromatic amines is 1. The van der Waals surface area contributed by atoms with Gasteiger partial charge in [0.05, 0.1) is 10.4 Å². The van der Waals surface area contributed by atoms with Crippen LogP contribution >= 0.6 is 0 Å². The van der Waals surface area contributed by atoms with E-state index in [2.05, 4.69) is 4.98 Å². The van der Waals surface area contributed by atoms with Crippen LogP contribution in [0, 0.1) is 11.8 Å². The minimum atomic E-state index is -3.51. The maximum absolute atomic E-state index is 12.7. The molecule has 1 aromatic heterocycles. The lowest BCUT2D eigenvalue weighted by molar-refractivity contribution is 0.445. The largest absolute Gasteiger partial charge is 0.417 e. The summed E-state index contributed by atoms with van der Waals surface area (Å²) >= 11 is 0. The van der Waals surface area contributed by atoms with Crippen molar-refractivity contribution in [1.29, 1.82) is 0 Å². The van der Waals surface area contributed by atoms with Crippen LogP contribution in [0.5, 0.6) is 0 Å². The van der Waals surface area contributed by atoms with Gasteiger partial charge in [-0.15, -0.1) is 0 Å². The Balaban J connectivity index is 1.71. The fourth-order valence-electron chi connectivity index (χ4n) is 3.62. The van der Waals surface area contributed by atoms with Gasteiger partial charge < -0.3 is 4.42 Å². The Morgan fingerprint density at radius 3 is 2.62 bits per heavy atom. The zero-order valence-corrected chi connectivity index (χ0v) is 12.2. The monoisotopic (exact) mass is 308 g/mol.